The van der Waals surface area contributed by atoms with Gasteiger partial charge in [-0.15, -0.1) is 0 Å². The first-order valence-electron chi connectivity index (χ1n) is 9.23. The number of hydrogen-bond acceptors (Lipinski definition) is 8. The summed E-state index contributed by atoms with van der Waals surface area (Å²) in [6.07, 6.45) is 1.43. The van der Waals surface area contributed by atoms with Gasteiger partial charge in [0, 0.05) is 6.07 Å². The predicted octanol–water partition coefficient (Wildman–Crippen LogP) is 3.28. The molecular weight excluding hydrogens is 436 g/mol. The van der Waals surface area contributed by atoms with Crippen LogP contribution in [0.3, 0.4) is 0 Å². The molecule has 0 atom stereocenters. The molecule has 0 spiro atoms. The van der Waals surface area contributed by atoms with E-state index in [-0.39, 0.29) is 10.6 Å². The second-order valence-corrected chi connectivity index (χ2v) is 8.10. The van der Waals surface area contributed by atoms with Gasteiger partial charge in [-0.3, -0.25) is 15.5 Å². The molecule has 3 aromatic rings. The van der Waals surface area contributed by atoms with Gasteiger partial charge in [-0.25, -0.2) is 13.6 Å². The number of anilines is 1. The van der Waals surface area contributed by atoms with Crippen molar-refractivity contribution in [3.63, 3.8) is 0 Å². The quantitative estimate of drug-likeness (QED) is 0.285. The maximum atomic E-state index is 11.4. The summed E-state index contributed by atoms with van der Waals surface area (Å²) in [5.41, 5.74) is 3.73. The van der Waals surface area contributed by atoms with E-state index in [2.05, 4.69) is 10.5 Å². The highest BCUT2D eigenvalue weighted by atomic mass is 32.2. The number of benzene rings is 3. The fourth-order valence-electron chi connectivity index (χ4n) is 2.73. The molecule has 0 unspecified atom stereocenters. The number of primary sulfonamides is 1. The van der Waals surface area contributed by atoms with Crippen LogP contribution in [-0.2, 0) is 16.6 Å². The number of methoxy groups -OCH3 is 1. The average molecular weight is 456 g/mol. The molecule has 10 nitrogen and oxygen atoms in total. The number of ether oxygens (including phenoxy) is 2. The van der Waals surface area contributed by atoms with Gasteiger partial charge in [0.05, 0.1) is 23.1 Å². The van der Waals surface area contributed by atoms with Crippen molar-refractivity contribution >= 4 is 27.6 Å². The molecule has 0 aliphatic carbocycles. The van der Waals surface area contributed by atoms with E-state index in [1.807, 2.05) is 30.3 Å². The molecule has 3 aromatic carbocycles. The van der Waals surface area contributed by atoms with Crippen LogP contribution in [0.5, 0.6) is 11.5 Å². The third kappa shape index (κ3) is 5.80. The molecule has 166 valence electrons. The van der Waals surface area contributed by atoms with Crippen LogP contribution >= 0.6 is 0 Å². The average Bonchev–Trinajstić information content (AvgIpc) is 2.78. The highest BCUT2D eigenvalue weighted by Gasteiger charge is 2.18. The standard InChI is InChI=1S/C21H20N4O6S/c1-30-21-11-16(7-10-20(21)31-14-15-5-3-2-4-6-15)13-23-24-18-9-8-17(32(22,28)29)12-19(18)25(26)27/h2-13,24H,14H2,1H3,(H2,22,28,29). The SMILES string of the molecule is COc1cc(C=NNc2ccc(S(N)(=O)=O)cc2[N+](=O)[O-])ccc1OCc1ccccc1. The third-order valence-corrected chi connectivity index (χ3v) is 5.23. The smallest absolute Gasteiger partial charge is 0.295 e. The molecule has 3 rings (SSSR count). The van der Waals surface area contributed by atoms with Crippen LogP contribution in [0.15, 0.2) is 76.7 Å². The van der Waals surface area contributed by atoms with Gasteiger partial charge in [-0.1, -0.05) is 30.3 Å². The Hall–Kier alpha value is -3.96. The molecule has 0 heterocycles. The Morgan fingerprint density at radius 2 is 1.84 bits per heavy atom. The summed E-state index contributed by atoms with van der Waals surface area (Å²) >= 11 is 0. The molecule has 0 aliphatic heterocycles. The number of nitrogens with one attached hydrogen (secondary N) is 1. The summed E-state index contributed by atoms with van der Waals surface area (Å²) in [5, 5.41) is 20.3. The molecule has 0 fully saturated rings. The van der Waals surface area contributed by atoms with Gasteiger partial charge in [0.2, 0.25) is 10.0 Å². The van der Waals surface area contributed by atoms with Gasteiger partial charge in [-0.2, -0.15) is 5.10 Å². The Kier molecular flexibility index (Phi) is 7.03. The van der Waals surface area contributed by atoms with Crippen molar-refractivity contribution in [1.29, 1.82) is 0 Å². The van der Waals surface area contributed by atoms with Crippen LogP contribution in [-0.4, -0.2) is 26.7 Å². The first kappa shape index (κ1) is 22.7. The van der Waals surface area contributed by atoms with Crippen molar-refractivity contribution in [3.05, 3.63) is 88.0 Å². The number of nitrogens with zero attached hydrogens (tertiary/aromatic N) is 2. The molecule has 32 heavy (non-hydrogen) atoms. The second kappa shape index (κ2) is 9.90. The lowest BCUT2D eigenvalue weighted by Crippen LogP contribution is -2.12. The van der Waals surface area contributed by atoms with Gasteiger partial charge >= 0.3 is 0 Å². The topological polar surface area (TPSA) is 146 Å². The van der Waals surface area contributed by atoms with Crippen LogP contribution in [0.1, 0.15) is 11.1 Å². The van der Waals surface area contributed by atoms with Gasteiger partial charge < -0.3 is 9.47 Å². The Balaban J connectivity index is 1.73. The Morgan fingerprint density at radius 3 is 2.50 bits per heavy atom. The zero-order chi connectivity index (χ0) is 23.1. The largest absolute Gasteiger partial charge is 0.493 e. The zero-order valence-electron chi connectivity index (χ0n) is 17.0. The third-order valence-electron chi connectivity index (χ3n) is 4.32. The highest BCUT2D eigenvalue weighted by Crippen LogP contribution is 2.29. The van der Waals surface area contributed by atoms with Crippen LogP contribution < -0.4 is 20.0 Å². The lowest BCUT2D eigenvalue weighted by Gasteiger charge is -2.11. The molecule has 0 radical (unpaired) electrons. The first-order chi connectivity index (χ1) is 15.3. The maximum absolute atomic E-state index is 11.4. The summed E-state index contributed by atoms with van der Waals surface area (Å²) in [5.74, 6) is 1.05. The highest BCUT2D eigenvalue weighted by molar-refractivity contribution is 7.89. The number of hydrazone groups is 1. The lowest BCUT2D eigenvalue weighted by molar-refractivity contribution is -0.384. The fourth-order valence-corrected chi connectivity index (χ4v) is 3.26. The van der Waals surface area contributed by atoms with Crippen molar-refractivity contribution in [1.82, 2.24) is 0 Å². The van der Waals surface area contributed by atoms with E-state index in [0.29, 0.717) is 23.7 Å². The maximum Gasteiger partial charge on any atom is 0.295 e. The van der Waals surface area contributed by atoms with Crippen LogP contribution in [0.2, 0.25) is 0 Å². The monoisotopic (exact) mass is 456 g/mol. The van der Waals surface area contributed by atoms with Gasteiger partial charge in [0.25, 0.3) is 5.69 Å². The summed E-state index contributed by atoms with van der Waals surface area (Å²) < 4.78 is 34.0. The Bertz CT molecular complexity index is 1250. The molecule has 0 amide bonds. The summed E-state index contributed by atoms with van der Waals surface area (Å²) in [4.78, 5) is 10.2. The van der Waals surface area contributed by atoms with Crippen molar-refractivity contribution in [2.24, 2.45) is 10.2 Å². The minimum absolute atomic E-state index is 0.00781. The number of nitrogens with two attached hydrogens (primary N) is 1. The van der Waals surface area contributed by atoms with E-state index in [4.69, 9.17) is 14.6 Å². The number of nitro groups is 1. The number of hydrogen-bond donors (Lipinski definition) is 2. The second-order valence-electron chi connectivity index (χ2n) is 6.54. The van der Waals surface area contributed by atoms with E-state index in [9.17, 15) is 18.5 Å². The molecule has 3 N–H and O–H groups in total. The lowest BCUT2D eigenvalue weighted by atomic mass is 10.2. The van der Waals surface area contributed by atoms with E-state index >= 15 is 0 Å². The van der Waals surface area contributed by atoms with Crippen molar-refractivity contribution in [3.8, 4) is 11.5 Å². The predicted molar refractivity (Wildman–Crippen MR) is 119 cm³/mol. The molecule has 0 bridgehead atoms. The van der Waals surface area contributed by atoms with E-state index in [0.717, 1.165) is 17.7 Å². The number of sulfonamides is 1. The summed E-state index contributed by atoms with van der Waals surface area (Å²) in [6, 6.07) is 18.1. The molecule has 0 aromatic heterocycles. The van der Waals surface area contributed by atoms with Crippen molar-refractivity contribution < 1.29 is 22.8 Å². The summed E-state index contributed by atoms with van der Waals surface area (Å²) in [6.45, 7) is 0.379. The van der Waals surface area contributed by atoms with Crippen molar-refractivity contribution in [2.75, 3.05) is 12.5 Å². The van der Waals surface area contributed by atoms with E-state index in [1.165, 1.54) is 19.4 Å². The normalized spacial score (nSPS) is 11.3. The van der Waals surface area contributed by atoms with Crippen molar-refractivity contribution in [2.45, 2.75) is 11.5 Å². The molecule has 0 aliphatic rings. The van der Waals surface area contributed by atoms with Gasteiger partial charge in [-0.05, 0) is 41.5 Å². The first-order valence-corrected chi connectivity index (χ1v) is 10.8. The van der Waals surface area contributed by atoms with E-state index in [1.54, 1.807) is 18.2 Å². The molecular formula is C21H20N4O6S. The number of rotatable bonds is 9. The van der Waals surface area contributed by atoms with Crippen LogP contribution in [0.4, 0.5) is 11.4 Å². The van der Waals surface area contributed by atoms with Crippen LogP contribution in [0.25, 0.3) is 0 Å². The van der Waals surface area contributed by atoms with Gasteiger partial charge in [0.1, 0.15) is 12.3 Å². The molecule has 0 saturated heterocycles. The minimum atomic E-state index is -4.07. The zero-order valence-corrected chi connectivity index (χ0v) is 17.8. The Labute approximate surface area is 184 Å². The van der Waals surface area contributed by atoms with Gasteiger partial charge in [0.15, 0.2) is 11.5 Å². The molecule has 0 saturated carbocycles. The Morgan fingerprint density at radius 1 is 1.09 bits per heavy atom. The summed E-state index contributed by atoms with van der Waals surface area (Å²) in [7, 11) is -2.56. The minimum Gasteiger partial charge on any atom is -0.493 e. The van der Waals surface area contributed by atoms with E-state index < -0.39 is 20.6 Å². The fraction of sp³-hybridized carbons (Fsp3) is 0.0952. The van der Waals surface area contributed by atoms with Crippen LogP contribution in [0, 0.1) is 10.1 Å². The molecule has 11 heteroatoms. The number of nitro benzene ring substituents is 1.